The fraction of sp³-hybridized carbons (Fsp3) is 0.389. The lowest BCUT2D eigenvalue weighted by atomic mass is 9.99. The van der Waals surface area contributed by atoms with Crippen LogP contribution < -0.4 is 10.1 Å². The monoisotopic (exact) mass is 284 g/mol. The maximum Gasteiger partial charge on any atom is 0.119 e. The lowest BCUT2D eigenvalue weighted by Gasteiger charge is -2.11. The summed E-state index contributed by atoms with van der Waals surface area (Å²) in [6.45, 7) is 6.77. The van der Waals surface area contributed by atoms with Gasteiger partial charge in [0.2, 0.25) is 0 Å². The summed E-state index contributed by atoms with van der Waals surface area (Å²) in [5.74, 6) is 1.55. The van der Waals surface area contributed by atoms with Gasteiger partial charge in [0, 0.05) is 25.5 Å². The highest BCUT2D eigenvalue weighted by molar-refractivity contribution is 5.29. The third kappa shape index (κ3) is 5.20. The maximum atomic E-state index is 5.73. The molecule has 0 saturated carbocycles. The first-order valence-electron chi connectivity index (χ1n) is 7.62. The van der Waals surface area contributed by atoms with E-state index in [-0.39, 0.29) is 0 Å². The number of hydrogen-bond acceptors (Lipinski definition) is 3. The molecule has 0 aliphatic carbocycles. The summed E-state index contributed by atoms with van der Waals surface area (Å²) in [5, 5.41) is 3.35. The highest BCUT2D eigenvalue weighted by atomic mass is 16.5. The van der Waals surface area contributed by atoms with Crippen molar-refractivity contribution in [2.75, 3.05) is 13.2 Å². The van der Waals surface area contributed by atoms with Crippen LogP contribution in [0.3, 0.4) is 0 Å². The van der Waals surface area contributed by atoms with Gasteiger partial charge >= 0.3 is 0 Å². The molecule has 0 saturated heterocycles. The molecule has 21 heavy (non-hydrogen) atoms. The fourth-order valence-corrected chi connectivity index (χ4v) is 2.10. The van der Waals surface area contributed by atoms with Gasteiger partial charge in [0.25, 0.3) is 0 Å². The van der Waals surface area contributed by atoms with Gasteiger partial charge < -0.3 is 10.1 Å². The summed E-state index contributed by atoms with van der Waals surface area (Å²) in [7, 11) is 0. The molecule has 112 valence electrons. The summed E-state index contributed by atoms with van der Waals surface area (Å²) < 4.78 is 5.73. The molecule has 0 bridgehead atoms. The molecule has 3 heteroatoms. The molecular weight excluding hydrogens is 260 g/mol. The Balaban J connectivity index is 1.67. The first-order valence-corrected chi connectivity index (χ1v) is 7.62. The minimum atomic E-state index is 0.611. The molecule has 2 aromatic rings. The molecule has 0 aliphatic heterocycles. The molecule has 1 atom stereocenters. The molecule has 1 heterocycles. The number of hydrogen-bond donors (Lipinski definition) is 1. The third-order valence-corrected chi connectivity index (χ3v) is 3.66. The van der Waals surface area contributed by atoms with Gasteiger partial charge in [-0.15, -0.1) is 0 Å². The van der Waals surface area contributed by atoms with Crippen molar-refractivity contribution in [3.05, 3.63) is 59.9 Å². The molecule has 0 aliphatic rings. The van der Waals surface area contributed by atoms with Crippen molar-refractivity contribution in [2.45, 2.75) is 32.7 Å². The van der Waals surface area contributed by atoms with Crippen LogP contribution in [0.25, 0.3) is 0 Å². The standard InChI is InChI=1S/C18H24N2O/c1-3-15(2)17-6-8-18(9-7-17)21-12-11-20-14-16-5-4-10-19-13-16/h4-10,13,15,20H,3,11-12,14H2,1-2H3. The second-order valence-corrected chi connectivity index (χ2v) is 5.26. The zero-order chi connectivity index (χ0) is 14.9. The average molecular weight is 284 g/mol. The van der Waals surface area contributed by atoms with Crippen LogP contribution in [0, 0.1) is 0 Å². The summed E-state index contributed by atoms with van der Waals surface area (Å²) in [5.41, 5.74) is 2.56. The van der Waals surface area contributed by atoms with Crippen LogP contribution in [0.15, 0.2) is 48.8 Å². The Hall–Kier alpha value is -1.87. The van der Waals surface area contributed by atoms with Crippen molar-refractivity contribution in [1.29, 1.82) is 0 Å². The number of benzene rings is 1. The van der Waals surface area contributed by atoms with Crippen molar-refractivity contribution < 1.29 is 4.74 Å². The van der Waals surface area contributed by atoms with E-state index in [1.54, 1.807) is 6.20 Å². The van der Waals surface area contributed by atoms with E-state index in [4.69, 9.17) is 4.74 Å². The zero-order valence-electron chi connectivity index (χ0n) is 12.9. The second-order valence-electron chi connectivity index (χ2n) is 5.26. The van der Waals surface area contributed by atoms with Crippen molar-refractivity contribution >= 4 is 0 Å². The largest absolute Gasteiger partial charge is 0.492 e. The number of pyridine rings is 1. The highest BCUT2D eigenvalue weighted by Gasteiger charge is 2.02. The molecule has 0 fully saturated rings. The van der Waals surface area contributed by atoms with Gasteiger partial charge in [-0.05, 0) is 41.7 Å². The van der Waals surface area contributed by atoms with Gasteiger partial charge in [-0.1, -0.05) is 32.0 Å². The predicted molar refractivity (Wildman–Crippen MR) is 86.6 cm³/mol. The van der Waals surface area contributed by atoms with Gasteiger partial charge in [0.05, 0.1) is 0 Å². The Morgan fingerprint density at radius 1 is 1.19 bits per heavy atom. The molecule has 1 aromatic carbocycles. The predicted octanol–water partition coefficient (Wildman–Crippen LogP) is 3.76. The average Bonchev–Trinajstić information content (AvgIpc) is 2.55. The minimum absolute atomic E-state index is 0.611. The fourth-order valence-electron chi connectivity index (χ4n) is 2.10. The number of ether oxygens (including phenoxy) is 1. The van der Waals surface area contributed by atoms with E-state index in [1.807, 2.05) is 12.3 Å². The van der Waals surface area contributed by atoms with Gasteiger partial charge in [-0.3, -0.25) is 4.98 Å². The van der Waals surface area contributed by atoms with Crippen LogP contribution in [0.1, 0.15) is 37.3 Å². The summed E-state index contributed by atoms with van der Waals surface area (Å²) >= 11 is 0. The second kappa shape index (κ2) is 8.42. The molecule has 0 spiro atoms. The molecular formula is C18H24N2O. The van der Waals surface area contributed by atoms with Crippen molar-refractivity contribution in [3.63, 3.8) is 0 Å². The first-order chi connectivity index (χ1) is 10.3. The van der Waals surface area contributed by atoms with Gasteiger partial charge in [0.1, 0.15) is 12.4 Å². The van der Waals surface area contributed by atoms with Crippen molar-refractivity contribution in [3.8, 4) is 5.75 Å². The topological polar surface area (TPSA) is 34.1 Å². The van der Waals surface area contributed by atoms with E-state index in [1.165, 1.54) is 17.5 Å². The summed E-state index contributed by atoms with van der Waals surface area (Å²) in [6, 6.07) is 12.4. The molecule has 0 radical (unpaired) electrons. The third-order valence-electron chi connectivity index (χ3n) is 3.66. The van der Waals surface area contributed by atoms with Crippen LogP contribution in [0.5, 0.6) is 5.75 Å². The van der Waals surface area contributed by atoms with Gasteiger partial charge in [-0.25, -0.2) is 0 Å². The molecule has 1 unspecified atom stereocenters. The van der Waals surface area contributed by atoms with Crippen LogP contribution >= 0.6 is 0 Å². The Bertz CT molecular complexity index is 511. The van der Waals surface area contributed by atoms with E-state index in [0.29, 0.717) is 12.5 Å². The molecule has 1 N–H and O–H groups in total. The SMILES string of the molecule is CCC(C)c1ccc(OCCNCc2cccnc2)cc1. The first kappa shape index (κ1) is 15.5. The zero-order valence-corrected chi connectivity index (χ0v) is 12.9. The molecule has 0 amide bonds. The molecule has 2 rings (SSSR count). The normalized spacial score (nSPS) is 12.1. The summed E-state index contributed by atoms with van der Waals surface area (Å²) in [6.07, 6.45) is 4.83. The van der Waals surface area contributed by atoms with E-state index < -0.39 is 0 Å². The van der Waals surface area contributed by atoms with Crippen LogP contribution in [-0.4, -0.2) is 18.1 Å². The van der Waals surface area contributed by atoms with Gasteiger partial charge in [0.15, 0.2) is 0 Å². The summed E-state index contributed by atoms with van der Waals surface area (Å²) in [4.78, 5) is 4.09. The Morgan fingerprint density at radius 2 is 2.00 bits per heavy atom. The number of nitrogens with one attached hydrogen (secondary N) is 1. The lowest BCUT2D eigenvalue weighted by molar-refractivity contribution is 0.313. The van der Waals surface area contributed by atoms with Crippen LogP contribution in [0.2, 0.25) is 0 Å². The Labute approximate surface area is 127 Å². The van der Waals surface area contributed by atoms with Crippen molar-refractivity contribution in [2.24, 2.45) is 0 Å². The smallest absolute Gasteiger partial charge is 0.119 e. The maximum absolute atomic E-state index is 5.73. The number of rotatable bonds is 8. The Kier molecular flexibility index (Phi) is 6.22. The highest BCUT2D eigenvalue weighted by Crippen LogP contribution is 2.21. The van der Waals surface area contributed by atoms with E-state index >= 15 is 0 Å². The van der Waals surface area contributed by atoms with E-state index in [0.717, 1.165) is 18.8 Å². The Morgan fingerprint density at radius 3 is 2.67 bits per heavy atom. The minimum Gasteiger partial charge on any atom is -0.492 e. The van der Waals surface area contributed by atoms with E-state index in [2.05, 4.69) is 54.5 Å². The number of nitrogens with zero attached hydrogens (tertiary/aromatic N) is 1. The quantitative estimate of drug-likeness (QED) is 0.749. The van der Waals surface area contributed by atoms with Crippen LogP contribution in [0.4, 0.5) is 0 Å². The molecule has 1 aromatic heterocycles. The van der Waals surface area contributed by atoms with Crippen LogP contribution in [-0.2, 0) is 6.54 Å². The van der Waals surface area contributed by atoms with Crippen molar-refractivity contribution in [1.82, 2.24) is 10.3 Å². The molecule has 3 nitrogen and oxygen atoms in total. The number of aromatic nitrogens is 1. The van der Waals surface area contributed by atoms with Gasteiger partial charge in [-0.2, -0.15) is 0 Å². The lowest BCUT2D eigenvalue weighted by Crippen LogP contribution is -2.20. The van der Waals surface area contributed by atoms with E-state index in [9.17, 15) is 0 Å².